The molecule has 1 aliphatic carbocycles. The zero-order valence-corrected chi connectivity index (χ0v) is 10.6. The number of hydrogen-bond acceptors (Lipinski definition) is 5. The Hall–Kier alpha value is -1.18. The quantitative estimate of drug-likeness (QED) is 0.702. The third-order valence-electron chi connectivity index (χ3n) is 3.04. The van der Waals surface area contributed by atoms with E-state index in [2.05, 4.69) is 5.32 Å². The van der Waals surface area contributed by atoms with Crippen molar-refractivity contribution in [1.82, 2.24) is 5.32 Å². The van der Waals surface area contributed by atoms with E-state index in [1.165, 1.54) is 0 Å². The van der Waals surface area contributed by atoms with Gasteiger partial charge in [-0.05, 0) is 23.6 Å². The van der Waals surface area contributed by atoms with E-state index < -0.39 is 21.9 Å². The fourth-order valence-electron chi connectivity index (χ4n) is 2.15. The minimum Gasteiger partial charge on any atom is -0.497 e. The van der Waals surface area contributed by atoms with E-state index in [0.717, 1.165) is 11.1 Å². The number of Topliss-reactive ketones (excluding diaryl/α,β-unsaturated/α-hetero) is 1. The summed E-state index contributed by atoms with van der Waals surface area (Å²) in [7, 11) is -4.01. The van der Waals surface area contributed by atoms with E-state index >= 15 is 0 Å². The van der Waals surface area contributed by atoms with Gasteiger partial charge in [0.25, 0.3) is 10.1 Å². The molecule has 0 aromatic carbocycles. The second kappa shape index (κ2) is 5.21. The van der Waals surface area contributed by atoms with Crippen molar-refractivity contribution in [2.75, 3.05) is 18.9 Å². The molecule has 2 rings (SSSR count). The molecule has 0 spiro atoms. The van der Waals surface area contributed by atoms with E-state index in [0.29, 0.717) is 19.4 Å². The lowest BCUT2D eigenvalue weighted by atomic mass is 9.86. The van der Waals surface area contributed by atoms with Crippen LogP contribution in [0.4, 0.5) is 0 Å². The second-order valence-corrected chi connectivity index (χ2v) is 5.88. The summed E-state index contributed by atoms with van der Waals surface area (Å²) in [6, 6.07) is -0.500. The van der Waals surface area contributed by atoms with Gasteiger partial charge in [0, 0.05) is 13.0 Å². The molecule has 0 radical (unpaired) electrons. The van der Waals surface area contributed by atoms with E-state index in [-0.39, 0.29) is 12.3 Å². The Balaban J connectivity index is 2.05. The lowest BCUT2D eigenvalue weighted by molar-refractivity contribution is -0.120. The first kappa shape index (κ1) is 13.3. The highest BCUT2D eigenvalue weighted by atomic mass is 32.2. The van der Waals surface area contributed by atoms with Crippen LogP contribution in [0, 0.1) is 0 Å². The minimum atomic E-state index is -4.01. The SMILES string of the molecule is O=C1CCC2=C(COC=C2)C1NCCS(=O)(=O)O. The van der Waals surface area contributed by atoms with Gasteiger partial charge in [0.1, 0.15) is 6.61 Å². The largest absolute Gasteiger partial charge is 0.497 e. The van der Waals surface area contributed by atoms with Gasteiger partial charge in [-0.2, -0.15) is 8.42 Å². The average Bonchev–Trinajstić information content (AvgIpc) is 2.31. The Morgan fingerprint density at radius 2 is 2.22 bits per heavy atom. The molecule has 1 atom stereocenters. The standard InChI is InChI=1S/C11H15NO5S/c13-10-2-1-8-3-5-17-7-9(8)11(10)12-4-6-18(14,15)16/h3,5,11-12H,1-2,4,6-7H2,(H,14,15,16). The normalized spacial score (nSPS) is 23.8. The molecule has 1 unspecified atom stereocenters. The number of hydrogen-bond donors (Lipinski definition) is 2. The minimum absolute atomic E-state index is 0.0305. The highest BCUT2D eigenvalue weighted by molar-refractivity contribution is 7.85. The molecule has 18 heavy (non-hydrogen) atoms. The summed E-state index contributed by atoms with van der Waals surface area (Å²) in [5, 5.41) is 2.87. The number of allylic oxidation sites excluding steroid dienone is 2. The third-order valence-corrected chi connectivity index (χ3v) is 3.76. The lowest BCUT2D eigenvalue weighted by Gasteiger charge is -2.29. The second-order valence-electron chi connectivity index (χ2n) is 4.30. The number of rotatable bonds is 4. The molecule has 2 aliphatic rings. The van der Waals surface area contributed by atoms with Gasteiger partial charge in [0.05, 0.1) is 18.1 Å². The summed E-state index contributed by atoms with van der Waals surface area (Å²) in [6.45, 7) is 0.386. The highest BCUT2D eigenvalue weighted by Crippen LogP contribution is 2.26. The first-order valence-corrected chi connectivity index (χ1v) is 7.29. The van der Waals surface area contributed by atoms with Gasteiger partial charge >= 0.3 is 0 Å². The van der Waals surface area contributed by atoms with Crippen LogP contribution >= 0.6 is 0 Å². The van der Waals surface area contributed by atoms with Crippen molar-refractivity contribution in [1.29, 1.82) is 0 Å². The van der Waals surface area contributed by atoms with Crippen molar-refractivity contribution in [3.05, 3.63) is 23.5 Å². The zero-order valence-electron chi connectivity index (χ0n) is 9.76. The van der Waals surface area contributed by atoms with Crippen LogP contribution < -0.4 is 5.32 Å². The summed E-state index contributed by atoms with van der Waals surface area (Å²) >= 11 is 0. The van der Waals surface area contributed by atoms with Crippen LogP contribution in [0.15, 0.2) is 23.5 Å². The predicted octanol–water partition coefficient (Wildman–Crippen LogP) is 0.0358. The summed E-state index contributed by atoms with van der Waals surface area (Å²) in [4.78, 5) is 11.8. The number of ketones is 1. The molecule has 1 aliphatic heterocycles. The van der Waals surface area contributed by atoms with Crippen LogP contribution in [-0.4, -0.2) is 43.7 Å². The fraction of sp³-hybridized carbons (Fsp3) is 0.545. The van der Waals surface area contributed by atoms with Crippen LogP contribution in [0.1, 0.15) is 12.8 Å². The summed E-state index contributed by atoms with van der Waals surface area (Å²) in [5.74, 6) is -0.376. The third kappa shape index (κ3) is 3.18. The molecular formula is C11H15NO5S. The number of carbonyl (C=O) groups excluding carboxylic acids is 1. The van der Waals surface area contributed by atoms with Crippen molar-refractivity contribution >= 4 is 15.9 Å². The topological polar surface area (TPSA) is 92.7 Å². The van der Waals surface area contributed by atoms with E-state index in [1.807, 2.05) is 6.08 Å². The Morgan fingerprint density at radius 3 is 2.94 bits per heavy atom. The molecule has 0 bridgehead atoms. The van der Waals surface area contributed by atoms with Crippen molar-refractivity contribution in [3.63, 3.8) is 0 Å². The molecule has 0 fully saturated rings. The molecule has 2 N–H and O–H groups in total. The van der Waals surface area contributed by atoms with Crippen molar-refractivity contribution in [2.45, 2.75) is 18.9 Å². The number of ether oxygens (including phenoxy) is 1. The maximum absolute atomic E-state index is 11.8. The van der Waals surface area contributed by atoms with Crippen LogP contribution in [0.25, 0.3) is 0 Å². The Morgan fingerprint density at radius 1 is 1.44 bits per heavy atom. The predicted molar refractivity (Wildman–Crippen MR) is 64.6 cm³/mol. The summed E-state index contributed by atoms with van der Waals surface area (Å²) < 4.78 is 35.1. The Kier molecular flexibility index (Phi) is 3.84. The van der Waals surface area contributed by atoms with Crippen LogP contribution in [0.3, 0.4) is 0 Å². The molecule has 0 aromatic rings. The molecular weight excluding hydrogens is 258 g/mol. The van der Waals surface area contributed by atoms with Crippen LogP contribution in [-0.2, 0) is 19.6 Å². The van der Waals surface area contributed by atoms with Gasteiger partial charge < -0.3 is 10.1 Å². The van der Waals surface area contributed by atoms with E-state index in [9.17, 15) is 13.2 Å². The van der Waals surface area contributed by atoms with E-state index in [1.54, 1.807) is 6.26 Å². The average molecular weight is 273 g/mol. The lowest BCUT2D eigenvalue weighted by Crippen LogP contribution is -2.44. The van der Waals surface area contributed by atoms with Gasteiger partial charge in [-0.15, -0.1) is 0 Å². The first-order valence-electron chi connectivity index (χ1n) is 5.69. The van der Waals surface area contributed by atoms with Crippen molar-refractivity contribution in [2.24, 2.45) is 0 Å². The molecule has 6 nitrogen and oxygen atoms in total. The molecule has 1 heterocycles. The van der Waals surface area contributed by atoms with Gasteiger partial charge in [0.2, 0.25) is 0 Å². The Bertz CT molecular complexity index is 506. The fourth-order valence-corrected chi connectivity index (χ4v) is 2.52. The van der Waals surface area contributed by atoms with E-state index in [4.69, 9.17) is 9.29 Å². The highest BCUT2D eigenvalue weighted by Gasteiger charge is 2.30. The number of nitrogens with one attached hydrogen (secondary N) is 1. The van der Waals surface area contributed by atoms with Crippen LogP contribution in [0.2, 0.25) is 0 Å². The maximum Gasteiger partial charge on any atom is 0.266 e. The van der Waals surface area contributed by atoms with Crippen molar-refractivity contribution < 1.29 is 22.5 Å². The Labute approximate surface area is 105 Å². The van der Waals surface area contributed by atoms with Gasteiger partial charge in [-0.1, -0.05) is 0 Å². The van der Waals surface area contributed by atoms with Crippen LogP contribution in [0.5, 0.6) is 0 Å². The molecule has 0 amide bonds. The maximum atomic E-state index is 11.8. The molecule has 0 aromatic heterocycles. The molecule has 100 valence electrons. The smallest absolute Gasteiger partial charge is 0.266 e. The molecule has 0 saturated carbocycles. The number of carbonyl (C=O) groups is 1. The van der Waals surface area contributed by atoms with Gasteiger partial charge in [-0.3, -0.25) is 9.35 Å². The monoisotopic (exact) mass is 273 g/mol. The summed E-state index contributed by atoms with van der Waals surface area (Å²) in [5.41, 5.74) is 1.94. The molecule has 7 heteroatoms. The van der Waals surface area contributed by atoms with Gasteiger partial charge in [-0.25, -0.2) is 0 Å². The first-order chi connectivity index (χ1) is 8.47. The van der Waals surface area contributed by atoms with Crippen molar-refractivity contribution in [3.8, 4) is 0 Å². The summed E-state index contributed by atoms with van der Waals surface area (Å²) in [6.07, 6.45) is 4.57. The van der Waals surface area contributed by atoms with Gasteiger partial charge in [0.15, 0.2) is 5.78 Å². The zero-order chi connectivity index (χ0) is 13.2. The molecule has 0 saturated heterocycles.